The Kier molecular flexibility index (Phi) is 5.93. The zero-order chi connectivity index (χ0) is 19.6. The Bertz CT molecular complexity index is 835. The summed E-state index contributed by atoms with van der Waals surface area (Å²) in [5, 5.41) is 24.0. The average Bonchev–Trinajstić information content (AvgIpc) is 2.44. The van der Waals surface area contributed by atoms with Crippen molar-refractivity contribution in [3.8, 4) is 6.07 Å². The highest BCUT2D eigenvalue weighted by Crippen LogP contribution is 2.62. The van der Waals surface area contributed by atoms with Crippen LogP contribution in [0.25, 0.3) is 0 Å². The van der Waals surface area contributed by atoms with Crippen LogP contribution in [-0.2, 0) is 23.9 Å². The lowest BCUT2D eigenvalue weighted by Crippen LogP contribution is -2.41. The minimum Gasteiger partial charge on any atom is -0.481 e. The van der Waals surface area contributed by atoms with Crippen LogP contribution in [0.4, 0.5) is 0 Å². The number of carboxylic acids is 2. The van der Waals surface area contributed by atoms with Gasteiger partial charge in [0.1, 0.15) is 0 Å². The highest BCUT2D eigenvalue weighted by Gasteiger charge is 2.59. The molecule has 0 heterocycles. The van der Waals surface area contributed by atoms with E-state index in [9.17, 15) is 33.6 Å². The topological polar surface area (TPSA) is 213 Å². The quantitative estimate of drug-likeness (QED) is 0.340. The normalized spacial score (nSPS) is 15.6. The van der Waals surface area contributed by atoms with Crippen LogP contribution in [0.1, 0.15) is 17.5 Å². The molecule has 0 saturated carbocycles. The molecule has 0 amide bonds. The lowest BCUT2D eigenvalue weighted by molar-refractivity contribution is -0.142. The lowest BCUT2D eigenvalue weighted by atomic mass is 9.91. The summed E-state index contributed by atoms with van der Waals surface area (Å²) in [6.07, 6.45) is -1.58. The van der Waals surface area contributed by atoms with Gasteiger partial charge in [-0.2, -0.15) is 5.26 Å². The molecule has 0 spiro atoms. The molecule has 25 heavy (non-hydrogen) atoms. The summed E-state index contributed by atoms with van der Waals surface area (Å²) in [6, 6.07) is 5.66. The monoisotopic (exact) mass is 393 g/mol. The van der Waals surface area contributed by atoms with E-state index < -0.39 is 49.9 Å². The van der Waals surface area contributed by atoms with Crippen molar-refractivity contribution >= 4 is 27.1 Å². The molecule has 136 valence electrons. The van der Waals surface area contributed by atoms with E-state index in [0.717, 1.165) is 18.2 Å². The number of hydrogen-bond acceptors (Lipinski definition) is 5. The second-order valence-corrected chi connectivity index (χ2v) is 8.70. The zero-order valence-electron chi connectivity index (χ0n) is 12.3. The molecular weight excluding hydrogens is 380 g/mol. The first-order valence-electron chi connectivity index (χ1n) is 6.35. The molecular formula is C12H13NO10P2. The molecule has 13 heteroatoms. The number of hydrogen-bond donors (Lipinski definition) is 6. The van der Waals surface area contributed by atoms with Gasteiger partial charge in [-0.15, -0.1) is 0 Å². The summed E-state index contributed by atoms with van der Waals surface area (Å²) in [4.78, 5) is 60.4. The largest absolute Gasteiger partial charge is 0.481 e. The smallest absolute Gasteiger partial charge is 0.347 e. The van der Waals surface area contributed by atoms with Crippen LogP contribution in [0.2, 0.25) is 0 Å². The number of rotatable bonds is 7. The van der Waals surface area contributed by atoms with E-state index in [1.165, 1.54) is 6.07 Å². The number of benzene rings is 1. The van der Waals surface area contributed by atoms with Crippen molar-refractivity contribution in [3.63, 3.8) is 0 Å². The Morgan fingerprint density at radius 3 is 2.08 bits per heavy atom. The van der Waals surface area contributed by atoms with E-state index in [-0.39, 0.29) is 5.56 Å². The van der Waals surface area contributed by atoms with E-state index in [1.807, 2.05) is 0 Å². The van der Waals surface area contributed by atoms with Gasteiger partial charge < -0.3 is 29.8 Å². The highest BCUT2D eigenvalue weighted by atomic mass is 31.2. The van der Waals surface area contributed by atoms with Crippen LogP contribution in [0.15, 0.2) is 24.3 Å². The molecule has 1 aromatic carbocycles. The molecule has 0 aliphatic heterocycles. The van der Waals surface area contributed by atoms with Gasteiger partial charge in [0.2, 0.25) is 0 Å². The Morgan fingerprint density at radius 1 is 1.16 bits per heavy atom. The van der Waals surface area contributed by atoms with E-state index in [4.69, 9.17) is 20.2 Å². The van der Waals surface area contributed by atoms with Crippen molar-refractivity contribution in [2.75, 3.05) is 0 Å². The first kappa shape index (κ1) is 21.0. The molecule has 6 N–H and O–H groups in total. The number of carboxylic acid groups (broad SMARTS) is 2. The van der Waals surface area contributed by atoms with Crippen LogP contribution >= 0.6 is 15.2 Å². The number of aliphatic carboxylic acids is 2. The van der Waals surface area contributed by atoms with Crippen LogP contribution in [-0.4, -0.2) is 47.4 Å². The van der Waals surface area contributed by atoms with Gasteiger partial charge in [-0.25, -0.2) is 0 Å². The van der Waals surface area contributed by atoms with Gasteiger partial charge >= 0.3 is 27.1 Å². The van der Waals surface area contributed by atoms with Gasteiger partial charge in [-0.05, 0) is 17.7 Å². The van der Waals surface area contributed by atoms with Crippen LogP contribution in [0.5, 0.6) is 0 Å². The third-order valence-electron chi connectivity index (χ3n) is 3.50. The van der Waals surface area contributed by atoms with Crippen molar-refractivity contribution < 1.29 is 48.5 Å². The van der Waals surface area contributed by atoms with Crippen molar-refractivity contribution in [3.05, 3.63) is 35.4 Å². The molecule has 1 aromatic rings. The van der Waals surface area contributed by atoms with E-state index >= 15 is 0 Å². The summed E-state index contributed by atoms with van der Waals surface area (Å²) in [5.74, 6) is -4.31. The predicted octanol–water partition coefficient (Wildman–Crippen LogP) is 0.0369. The van der Waals surface area contributed by atoms with Gasteiger partial charge in [0.25, 0.3) is 0 Å². The molecule has 11 nitrogen and oxygen atoms in total. The third-order valence-corrected chi connectivity index (χ3v) is 6.34. The first-order chi connectivity index (χ1) is 11.3. The molecule has 0 saturated heterocycles. The minimum absolute atomic E-state index is 0.181. The van der Waals surface area contributed by atoms with Gasteiger partial charge in [0.15, 0.2) is 10.8 Å². The van der Waals surface area contributed by atoms with Gasteiger partial charge in [0, 0.05) is 6.42 Å². The van der Waals surface area contributed by atoms with Crippen molar-refractivity contribution in [2.45, 2.75) is 17.2 Å². The van der Waals surface area contributed by atoms with Crippen LogP contribution in [0, 0.1) is 11.3 Å². The zero-order valence-corrected chi connectivity index (χ0v) is 14.0. The first-order valence-corrected chi connectivity index (χ1v) is 9.64. The SMILES string of the molecule is N#Cc1cccc(C(CC(C(=O)O)P(=O)(O)O)(C(=O)O)P(=O)(O)O)c1. The molecule has 0 aliphatic carbocycles. The summed E-state index contributed by atoms with van der Waals surface area (Å²) in [5.41, 5.74) is -3.51. The summed E-state index contributed by atoms with van der Waals surface area (Å²) in [7, 11) is -11.1. The molecule has 0 aliphatic rings. The summed E-state index contributed by atoms with van der Waals surface area (Å²) < 4.78 is 23.3. The second kappa shape index (κ2) is 7.06. The number of nitriles is 1. The van der Waals surface area contributed by atoms with Gasteiger partial charge in [-0.1, -0.05) is 12.1 Å². The van der Waals surface area contributed by atoms with E-state index in [1.54, 1.807) is 6.07 Å². The fraction of sp³-hybridized carbons (Fsp3) is 0.250. The number of nitrogens with zero attached hydrogens (tertiary/aromatic N) is 1. The lowest BCUT2D eigenvalue weighted by Gasteiger charge is -2.32. The predicted molar refractivity (Wildman–Crippen MR) is 80.6 cm³/mol. The maximum absolute atomic E-state index is 12.0. The Hall–Kier alpha value is -2.05. The Morgan fingerprint density at radius 2 is 1.72 bits per heavy atom. The number of carbonyl (C=O) groups is 2. The molecule has 0 fully saturated rings. The molecule has 0 bridgehead atoms. The van der Waals surface area contributed by atoms with Gasteiger partial charge in [0.05, 0.1) is 11.6 Å². The fourth-order valence-corrected chi connectivity index (χ4v) is 4.30. The summed E-state index contributed by atoms with van der Waals surface area (Å²) >= 11 is 0. The average molecular weight is 393 g/mol. The van der Waals surface area contributed by atoms with E-state index in [0.29, 0.717) is 0 Å². The Labute approximate surface area is 140 Å². The van der Waals surface area contributed by atoms with Crippen LogP contribution in [0.3, 0.4) is 0 Å². The molecule has 1 rings (SSSR count). The molecule has 2 atom stereocenters. The molecule has 0 aromatic heterocycles. The minimum atomic E-state index is -5.69. The summed E-state index contributed by atoms with van der Waals surface area (Å²) in [6.45, 7) is 0. The standard InChI is InChI=1S/C12H13NO10P2/c13-6-7-2-1-3-8(4-7)12(11(16)17,25(21,22)23)5-9(10(14)15)24(18,19)20/h1-4,9H,5H2,(H,14,15)(H,16,17)(H2,18,19,20)(H2,21,22,23). The van der Waals surface area contributed by atoms with Crippen molar-refractivity contribution in [1.29, 1.82) is 5.26 Å². The molecule has 2 unspecified atom stereocenters. The van der Waals surface area contributed by atoms with E-state index in [2.05, 4.69) is 0 Å². The fourth-order valence-electron chi connectivity index (χ4n) is 2.22. The maximum atomic E-state index is 12.0. The third kappa shape index (κ3) is 4.14. The van der Waals surface area contributed by atoms with Crippen molar-refractivity contribution in [2.24, 2.45) is 0 Å². The Balaban J connectivity index is 3.78. The van der Waals surface area contributed by atoms with Gasteiger partial charge in [-0.3, -0.25) is 18.7 Å². The molecule has 0 radical (unpaired) electrons. The highest BCUT2D eigenvalue weighted by molar-refractivity contribution is 7.55. The maximum Gasteiger partial charge on any atom is 0.347 e. The second-order valence-electron chi connectivity index (χ2n) is 5.05. The van der Waals surface area contributed by atoms with Crippen LogP contribution < -0.4 is 0 Å². The van der Waals surface area contributed by atoms with Crippen molar-refractivity contribution in [1.82, 2.24) is 0 Å².